The molecular weight excluding hydrogens is 226 g/mol. The number of halogens is 1. The van der Waals surface area contributed by atoms with Crippen molar-refractivity contribution in [2.45, 2.75) is 26.3 Å². The van der Waals surface area contributed by atoms with Gasteiger partial charge in [-0.15, -0.1) is 0 Å². The fourth-order valence-electron chi connectivity index (χ4n) is 1.77. The topological polar surface area (TPSA) is 30.5 Å². The van der Waals surface area contributed by atoms with Crippen molar-refractivity contribution in [3.8, 4) is 5.75 Å². The van der Waals surface area contributed by atoms with Gasteiger partial charge in [-0.25, -0.2) is 0 Å². The summed E-state index contributed by atoms with van der Waals surface area (Å²) in [6.07, 6.45) is 0. The maximum Gasteiger partial charge on any atom is 0.124 e. The Morgan fingerprint density at radius 3 is 2.50 bits per heavy atom. The SMILES string of the molecule is CONCc1cc(Cl)cc(OC)c1C(C)C. The van der Waals surface area contributed by atoms with Crippen LogP contribution in [0.5, 0.6) is 5.75 Å². The molecule has 0 saturated carbocycles. The van der Waals surface area contributed by atoms with E-state index in [1.165, 1.54) is 0 Å². The van der Waals surface area contributed by atoms with Gasteiger partial charge in [0.15, 0.2) is 0 Å². The summed E-state index contributed by atoms with van der Waals surface area (Å²) in [6, 6.07) is 3.78. The molecule has 1 aromatic carbocycles. The molecule has 0 aromatic heterocycles. The third kappa shape index (κ3) is 3.11. The van der Waals surface area contributed by atoms with Crippen LogP contribution in [0.2, 0.25) is 5.02 Å². The van der Waals surface area contributed by atoms with E-state index in [1.54, 1.807) is 14.2 Å². The highest BCUT2D eigenvalue weighted by molar-refractivity contribution is 6.30. The van der Waals surface area contributed by atoms with E-state index in [9.17, 15) is 0 Å². The Labute approximate surface area is 102 Å². The molecule has 0 heterocycles. The third-order valence-electron chi connectivity index (χ3n) is 2.40. The number of rotatable bonds is 5. The van der Waals surface area contributed by atoms with Crippen molar-refractivity contribution < 1.29 is 9.57 Å². The van der Waals surface area contributed by atoms with Gasteiger partial charge in [-0.3, -0.25) is 0 Å². The Morgan fingerprint density at radius 1 is 1.31 bits per heavy atom. The first kappa shape index (κ1) is 13.3. The Bertz CT molecular complexity index is 353. The minimum absolute atomic E-state index is 0.376. The van der Waals surface area contributed by atoms with Crippen LogP contribution in [0.4, 0.5) is 0 Å². The molecule has 0 aliphatic rings. The molecule has 0 aliphatic carbocycles. The van der Waals surface area contributed by atoms with Gasteiger partial charge in [-0.1, -0.05) is 25.4 Å². The van der Waals surface area contributed by atoms with Crippen LogP contribution in [0.25, 0.3) is 0 Å². The normalized spacial score (nSPS) is 10.9. The second-order valence-corrected chi connectivity index (χ2v) is 4.30. The van der Waals surface area contributed by atoms with E-state index in [-0.39, 0.29) is 0 Å². The summed E-state index contributed by atoms with van der Waals surface area (Å²) in [7, 11) is 3.25. The van der Waals surface area contributed by atoms with Crippen molar-refractivity contribution in [1.29, 1.82) is 0 Å². The standard InChI is InChI=1S/C12H18ClNO2/c1-8(2)12-9(7-14-16-4)5-10(13)6-11(12)15-3/h5-6,8,14H,7H2,1-4H3. The molecule has 1 aromatic rings. The van der Waals surface area contributed by atoms with Gasteiger partial charge in [0, 0.05) is 17.1 Å². The van der Waals surface area contributed by atoms with Gasteiger partial charge in [0.25, 0.3) is 0 Å². The maximum atomic E-state index is 6.04. The van der Waals surface area contributed by atoms with E-state index >= 15 is 0 Å². The van der Waals surface area contributed by atoms with E-state index in [4.69, 9.17) is 21.2 Å². The van der Waals surface area contributed by atoms with Gasteiger partial charge in [-0.2, -0.15) is 5.48 Å². The van der Waals surface area contributed by atoms with Gasteiger partial charge >= 0.3 is 0 Å². The second kappa shape index (κ2) is 6.09. The summed E-state index contributed by atoms with van der Waals surface area (Å²) in [6.45, 7) is 4.87. The fraction of sp³-hybridized carbons (Fsp3) is 0.500. The first-order valence-corrected chi connectivity index (χ1v) is 5.60. The zero-order chi connectivity index (χ0) is 12.1. The lowest BCUT2D eigenvalue weighted by Gasteiger charge is -2.17. The molecule has 1 rings (SSSR count). The molecule has 0 saturated heterocycles. The molecule has 3 nitrogen and oxygen atoms in total. The fourth-order valence-corrected chi connectivity index (χ4v) is 2.00. The molecule has 0 bridgehead atoms. The zero-order valence-corrected chi connectivity index (χ0v) is 10.9. The van der Waals surface area contributed by atoms with Gasteiger partial charge in [0.1, 0.15) is 5.75 Å². The summed E-state index contributed by atoms with van der Waals surface area (Å²) in [5.41, 5.74) is 5.09. The Balaban J connectivity index is 3.15. The smallest absolute Gasteiger partial charge is 0.124 e. The lowest BCUT2D eigenvalue weighted by Crippen LogP contribution is -2.13. The van der Waals surface area contributed by atoms with Crippen molar-refractivity contribution in [3.63, 3.8) is 0 Å². The molecule has 4 heteroatoms. The predicted molar refractivity (Wildman–Crippen MR) is 65.9 cm³/mol. The van der Waals surface area contributed by atoms with Gasteiger partial charge in [0.05, 0.1) is 14.2 Å². The summed E-state index contributed by atoms with van der Waals surface area (Å²) < 4.78 is 5.36. The van der Waals surface area contributed by atoms with E-state index in [1.807, 2.05) is 12.1 Å². The first-order valence-electron chi connectivity index (χ1n) is 5.22. The minimum Gasteiger partial charge on any atom is -0.496 e. The second-order valence-electron chi connectivity index (χ2n) is 3.86. The van der Waals surface area contributed by atoms with E-state index in [0.29, 0.717) is 17.5 Å². The third-order valence-corrected chi connectivity index (χ3v) is 2.61. The molecule has 16 heavy (non-hydrogen) atoms. The van der Waals surface area contributed by atoms with Crippen molar-refractivity contribution in [2.75, 3.05) is 14.2 Å². The van der Waals surface area contributed by atoms with Gasteiger partial charge in [0.2, 0.25) is 0 Å². The van der Waals surface area contributed by atoms with Crippen molar-refractivity contribution >= 4 is 11.6 Å². The summed E-state index contributed by atoms with van der Waals surface area (Å²) in [5.74, 6) is 1.20. The maximum absolute atomic E-state index is 6.04. The average molecular weight is 244 g/mol. The Kier molecular flexibility index (Phi) is 5.06. The molecular formula is C12H18ClNO2. The van der Waals surface area contributed by atoms with E-state index in [2.05, 4.69) is 19.3 Å². The molecule has 0 fully saturated rings. The molecule has 0 unspecified atom stereocenters. The summed E-state index contributed by atoms with van der Waals surface area (Å²) in [4.78, 5) is 4.86. The van der Waals surface area contributed by atoms with Crippen molar-refractivity contribution in [2.24, 2.45) is 0 Å². The number of hydrogen-bond acceptors (Lipinski definition) is 3. The quantitative estimate of drug-likeness (QED) is 0.806. The van der Waals surface area contributed by atoms with Crippen LogP contribution in [-0.2, 0) is 11.4 Å². The van der Waals surface area contributed by atoms with E-state index in [0.717, 1.165) is 16.9 Å². The van der Waals surface area contributed by atoms with Crippen LogP contribution in [0.15, 0.2) is 12.1 Å². The van der Waals surface area contributed by atoms with Gasteiger partial charge < -0.3 is 9.57 Å². The van der Waals surface area contributed by atoms with Gasteiger partial charge in [-0.05, 0) is 23.6 Å². The molecule has 0 spiro atoms. The number of methoxy groups -OCH3 is 1. The zero-order valence-electron chi connectivity index (χ0n) is 10.1. The minimum atomic E-state index is 0.376. The Hall–Kier alpha value is -0.770. The van der Waals surface area contributed by atoms with Crippen LogP contribution >= 0.6 is 11.6 Å². The monoisotopic (exact) mass is 243 g/mol. The number of hydrogen-bond donors (Lipinski definition) is 1. The predicted octanol–water partition coefficient (Wildman–Crippen LogP) is 3.12. The molecule has 0 aliphatic heterocycles. The van der Waals surface area contributed by atoms with Crippen LogP contribution in [0, 0.1) is 0 Å². The summed E-state index contributed by atoms with van der Waals surface area (Å²) >= 11 is 6.04. The molecule has 0 atom stereocenters. The molecule has 0 radical (unpaired) electrons. The molecule has 90 valence electrons. The molecule has 0 amide bonds. The van der Waals surface area contributed by atoms with Crippen molar-refractivity contribution in [3.05, 3.63) is 28.3 Å². The lowest BCUT2D eigenvalue weighted by atomic mass is 9.96. The lowest BCUT2D eigenvalue weighted by molar-refractivity contribution is 0.0864. The van der Waals surface area contributed by atoms with Crippen LogP contribution in [0.3, 0.4) is 0 Å². The van der Waals surface area contributed by atoms with Crippen LogP contribution in [0.1, 0.15) is 30.9 Å². The number of hydroxylamine groups is 1. The first-order chi connectivity index (χ1) is 7.60. The van der Waals surface area contributed by atoms with Crippen molar-refractivity contribution in [1.82, 2.24) is 5.48 Å². The summed E-state index contributed by atoms with van der Waals surface area (Å²) in [5, 5.41) is 0.675. The Morgan fingerprint density at radius 2 is 2.00 bits per heavy atom. The number of ether oxygens (including phenoxy) is 1. The highest BCUT2D eigenvalue weighted by Gasteiger charge is 2.14. The number of nitrogens with one attached hydrogen (secondary N) is 1. The molecule has 1 N–H and O–H groups in total. The highest BCUT2D eigenvalue weighted by atomic mass is 35.5. The number of benzene rings is 1. The van der Waals surface area contributed by atoms with E-state index < -0.39 is 0 Å². The largest absolute Gasteiger partial charge is 0.496 e. The van der Waals surface area contributed by atoms with Crippen LogP contribution < -0.4 is 10.2 Å². The van der Waals surface area contributed by atoms with Crippen LogP contribution in [-0.4, -0.2) is 14.2 Å². The average Bonchev–Trinajstić information content (AvgIpc) is 2.24. The highest BCUT2D eigenvalue weighted by Crippen LogP contribution is 2.33.